The number of rotatable bonds is 5. The molecule has 0 spiro atoms. The van der Waals surface area contributed by atoms with Crippen LogP contribution in [0.4, 0.5) is 0 Å². The van der Waals surface area contributed by atoms with Gasteiger partial charge in [-0.15, -0.1) is 11.3 Å². The van der Waals surface area contributed by atoms with Gasteiger partial charge in [-0.05, 0) is 38.4 Å². The Morgan fingerprint density at radius 1 is 1.10 bits per heavy atom. The molecule has 1 nitrogen and oxygen atoms in total. The van der Waals surface area contributed by atoms with E-state index in [1.165, 1.54) is 28.0 Å². The van der Waals surface area contributed by atoms with Gasteiger partial charge in [0.2, 0.25) is 0 Å². The van der Waals surface area contributed by atoms with E-state index in [4.69, 9.17) is 23.2 Å². The fourth-order valence-corrected chi connectivity index (χ4v) is 4.13. The summed E-state index contributed by atoms with van der Waals surface area (Å²) in [6, 6.07) is 8.85. The first-order valence-electron chi connectivity index (χ1n) is 6.75. The lowest BCUT2D eigenvalue weighted by Gasteiger charge is -2.18. The highest BCUT2D eigenvalue weighted by Gasteiger charge is 2.17. The van der Waals surface area contributed by atoms with Crippen LogP contribution >= 0.6 is 34.5 Å². The molecule has 1 aromatic heterocycles. The van der Waals surface area contributed by atoms with Crippen LogP contribution in [0.1, 0.15) is 35.2 Å². The molecule has 0 fully saturated rings. The molecule has 1 atom stereocenters. The second kappa shape index (κ2) is 6.95. The fraction of sp³-hybridized carbons (Fsp3) is 0.375. The van der Waals surface area contributed by atoms with E-state index >= 15 is 0 Å². The van der Waals surface area contributed by atoms with Gasteiger partial charge in [0.25, 0.3) is 0 Å². The highest BCUT2D eigenvalue weighted by atomic mass is 35.5. The van der Waals surface area contributed by atoms with Crippen molar-refractivity contribution in [3.8, 4) is 0 Å². The predicted octanol–water partition coefficient (Wildman–Crippen LogP) is 5.57. The minimum atomic E-state index is 0.206. The molecule has 0 aliphatic carbocycles. The summed E-state index contributed by atoms with van der Waals surface area (Å²) in [5.74, 6) is 0. The molecule has 108 valence electrons. The van der Waals surface area contributed by atoms with E-state index in [9.17, 15) is 0 Å². The Balaban J connectivity index is 2.27. The van der Waals surface area contributed by atoms with Crippen molar-refractivity contribution in [2.75, 3.05) is 6.54 Å². The molecule has 4 heteroatoms. The van der Waals surface area contributed by atoms with Crippen LogP contribution in [0.25, 0.3) is 0 Å². The first-order chi connectivity index (χ1) is 9.49. The summed E-state index contributed by atoms with van der Waals surface area (Å²) in [5, 5.41) is 3.50. The standard InChI is InChI=1S/C16H19Cl2NS/c1-4-19-14(13-9-15(17)20-16(13)18)8-12-6-10(2)5-11(3)7-12/h5-7,9,14,19H,4,8H2,1-3H3. The first kappa shape index (κ1) is 15.8. The van der Waals surface area contributed by atoms with Gasteiger partial charge in [-0.3, -0.25) is 0 Å². The molecular weight excluding hydrogens is 309 g/mol. The van der Waals surface area contributed by atoms with Crippen molar-refractivity contribution in [2.45, 2.75) is 33.2 Å². The molecule has 20 heavy (non-hydrogen) atoms. The van der Waals surface area contributed by atoms with Crippen LogP contribution in [0.2, 0.25) is 8.67 Å². The molecule has 0 radical (unpaired) electrons. The molecule has 0 aliphatic rings. The Hall–Kier alpha value is -0.540. The Bertz CT molecular complexity index is 572. The second-order valence-electron chi connectivity index (χ2n) is 5.09. The third-order valence-corrected chi connectivity index (χ3v) is 4.75. The van der Waals surface area contributed by atoms with Crippen LogP contribution in [-0.4, -0.2) is 6.54 Å². The summed E-state index contributed by atoms with van der Waals surface area (Å²) in [5.41, 5.74) is 5.02. The maximum absolute atomic E-state index is 6.30. The van der Waals surface area contributed by atoms with Gasteiger partial charge in [-0.1, -0.05) is 59.5 Å². The van der Waals surface area contributed by atoms with Gasteiger partial charge in [0.15, 0.2) is 0 Å². The summed E-state index contributed by atoms with van der Waals surface area (Å²) in [6.45, 7) is 7.27. The summed E-state index contributed by atoms with van der Waals surface area (Å²) < 4.78 is 1.53. The van der Waals surface area contributed by atoms with Crippen molar-refractivity contribution >= 4 is 34.5 Å². The van der Waals surface area contributed by atoms with Crippen LogP contribution in [0.5, 0.6) is 0 Å². The molecule has 0 saturated carbocycles. The van der Waals surface area contributed by atoms with E-state index in [2.05, 4.69) is 44.3 Å². The summed E-state index contributed by atoms with van der Waals surface area (Å²) in [6.07, 6.45) is 0.920. The van der Waals surface area contributed by atoms with Gasteiger partial charge in [-0.2, -0.15) is 0 Å². The number of aryl methyl sites for hydroxylation is 2. The number of halogens is 2. The van der Waals surface area contributed by atoms with Crippen molar-refractivity contribution in [3.05, 3.63) is 55.2 Å². The zero-order chi connectivity index (χ0) is 14.7. The first-order valence-corrected chi connectivity index (χ1v) is 8.32. The minimum absolute atomic E-state index is 0.206. The van der Waals surface area contributed by atoms with Crippen molar-refractivity contribution in [2.24, 2.45) is 0 Å². The van der Waals surface area contributed by atoms with E-state index < -0.39 is 0 Å². The number of hydrogen-bond donors (Lipinski definition) is 1. The third kappa shape index (κ3) is 3.98. The van der Waals surface area contributed by atoms with E-state index in [1.807, 2.05) is 6.07 Å². The van der Waals surface area contributed by atoms with Crippen LogP contribution in [0.15, 0.2) is 24.3 Å². The Morgan fingerprint density at radius 2 is 1.75 bits per heavy atom. The van der Waals surface area contributed by atoms with Crippen molar-refractivity contribution in [1.29, 1.82) is 0 Å². The van der Waals surface area contributed by atoms with E-state index in [-0.39, 0.29) is 6.04 Å². The Morgan fingerprint density at radius 3 is 2.25 bits per heavy atom. The number of nitrogens with one attached hydrogen (secondary N) is 1. The van der Waals surface area contributed by atoms with Crippen molar-refractivity contribution in [3.63, 3.8) is 0 Å². The number of hydrogen-bond acceptors (Lipinski definition) is 2. The topological polar surface area (TPSA) is 12.0 Å². The molecule has 1 unspecified atom stereocenters. The van der Waals surface area contributed by atoms with Gasteiger partial charge in [0.1, 0.15) is 0 Å². The van der Waals surface area contributed by atoms with E-state index in [0.29, 0.717) is 0 Å². The lowest BCUT2D eigenvalue weighted by molar-refractivity contribution is 0.551. The number of benzene rings is 1. The van der Waals surface area contributed by atoms with Gasteiger partial charge < -0.3 is 5.32 Å². The van der Waals surface area contributed by atoms with Crippen molar-refractivity contribution in [1.82, 2.24) is 5.32 Å². The summed E-state index contributed by atoms with van der Waals surface area (Å²) in [7, 11) is 0. The highest BCUT2D eigenvalue weighted by Crippen LogP contribution is 2.36. The smallest absolute Gasteiger partial charge is 0.0992 e. The fourth-order valence-electron chi connectivity index (χ4n) is 2.55. The monoisotopic (exact) mass is 327 g/mol. The lowest BCUT2D eigenvalue weighted by Crippen LogP contribution is -2.22. The maximum Gasteiger partial charge on any atom is 0.0992 e. The average molecular weight is 328 g/mol. The summed E-state index contributed by atoms with van der Waals surface area (Å²) >= 11 is 13.8. The normalized spacial score (nSPS) is 12.7. The SMILES string of the molecule is CCNC(Cc1cc(C)cc(C)c1)c1cc(Cl)sc1Cl. The summed E-state index contributed by atoms with van der Waals surface area (Å²) in [4.78, 5) is 0. The molecule has 2 rings (SSSR count). The maximum atomic E-state index is 6.30. The molecule has 0 amide bonds. The number of likely N-dealkylation sites (N-methyl/N-ethyl adjacent to an activating group) is 1. The quantitative estimate of drug-likeness (QED) is 0.757. The molecule has 1 heterocycles. The molecule has 0 saturated heterocycles. The van der Waals surface area contributed by atoms with Crippen molar-refractivity contribution < 1.29 is 0 Å². The zero-order valence-corrected chi connectivity index (χ0v) is 14.3. The average Bonchev–Trinajstić information content (AvgIpc) is 2.66. The van der Waals surface area contributed by atoms with Crippen LogP contribution in [-0.2, 0) is 6.42 Å². The molecular formula is C16H19Cl2NS. The third-order valence-electron chi connectivity index (χ3n) is 3.23. The van der Waals surface area contributed by atoms with E-state index in [0.717, 1.165) is 27.2 Å². The van der Waals surface area contributed by atoms with E-state index in [1.54, 1.807) is 0 Å². The van der Waals surface area contributed by atoms with Gasteiger partial charge in [0.05, 0.1) is 8.67 Å². The Labute approximate surface area is 134 Å². The minimum Gasteiger partial charge on any atom is -0.310 e. The predicted molar refractivity (Wildman–Crippen MR) is 90.4 cm³/mol. The van der Waals surface area contributed by atoms with Crippen LogP contribution in [0.3, 0.4) is 0 Å². The second-order valence-corrected chi connectivity index (χ2v) is 7.38. The Kier molecular flexibility index (Phi) is 5.50. The molecule has 0 aliphatic heterocycles. The zero-order valence-electron chi connectivity index (χ0n) is 12.0. The largest absolute Gasteiger partial charge is 0.310 e. The van der Waals surface area contributed by atoms with Crippen LogP contribution in [0, 0.1) is 13.8 Å². The van der Waals surface area contributed by atoms with Gasteiger partial charge in [0, 0.05) is 11.6 Å². The van der Waals surface area contributed by atoms with Gasteiger partial charge in [-0.25, -0.2) is 0 Å². The highest BCUT2D eigenvalue weighted by molar-refractivity contribution is 7.20. The molecule has 2 aromatic rings. The lowest BCUT2D eigenvalue weighted by atomic mass is 9.98. The molecule has 1 aromatic carbocycles. The van der Waals surface area contributed by atoms with Gasteiger partial charge >= 0.3 is 0 Å². The molecule has 0 bridgehead atoms. The molecule has 1 N–H and O–H groups in total. The number of thiophene rings is 1. The van der Waals surface area contributed by atoms with Crippen LogP contribution < -0.4 is 5.32 Å².